The molecule has 1 atom stereocenters. The van der Waals surface area contributed by atoms with E-state index < -0.39 is 39.2 Å². The molecule has 1 unspecified atom stereocenters. The number of thiocarbonyl (C=S) groups is 1. The topological polar surface area (TPSA) is 29.4 Å². The molecule has 10 heteroatoms. The van der Waals surface area contributed by atoms with Crippen molar-refractivity contribution in [2.75, 3.05) is 6.54 Å². The number of hydrogen-bond donors (Lipinski definition) is 0. The Morgan fingerprint density at radius 2 is 1.61 bits per heavy atom. The molecule has 0 saturated heterocycles. The normalized spacial score (nSPS) is 13.8. The van der Waals surface area contributed by atoms with Gasteiger partial charge in [0.25, 0.3) is 0 Å². The smallest absolute Gasteiger partial charge is 0.250 e. The first-order chi connectivity index (χ1) is 10.6. The number of hydrogen-bond acceptors (Lipinski definition) is 3. The maximum Gasteiger partial charge on any atom is 0.416 e. The third kappa shape index (κ3) is 6.25. The van der Waals surface area contributed by atoms with Crippen LogP contribution >= 0.6 is 12.2 Å². The van der Waals surface area contributed by atoms with Crippen molar-refractivity contribution in [3.63, 3.8) is 0 Å². The quantitative estimate of drug-likeness (QED) is 0.320. The van der Waals surface area contributed by atoms with Crippen molar-refractivity contribution in [3.8, 4) is 0 Å². The Kier molecular flexibility index (Phi) is 6.67. The fourth-order valence-electron chi connectivity index (χ4n) is 1.46. The fourth-order valence-corrected chi connectivity index (χ4v) is 2.51. The van der Waals surface area contributed by atoms with E-state index in [2.05, 4.69) is 22.4 Å². The Labute approximate surface area is 135 Å². The molecule has 0 saturated carbocycles. The van der Waals surface area contributed by atoms with Gasteiger partial charge in [0.1, 0.15) is 0 Å². The summed E-state index contributed by atoms with van der Waals surface area (Å²) in [4.78, 5) is 2.97. The van der Waals surface area contributed by atoms with Crippen LogP contribution in [-0.2, 0) is 23.2 Å². The van der Waals surface area contributed by atoms with Crippen molar-refractivity contribution >= 4 is 28.2 Å². The monoisotopic (exact) mass is 373 g/mol. The van der Waals surface area contributed by atoms with Crippen molar-refractivity contribution in [2.45, 2.75) is 23.7 Å². The van der Waals surface area contributed by atoms with E-state index in [9.17, 15) is 30.6 Å². The van der Waals surface area contributed by atoms with Gasteiger partial charge in [-0.05, 0) is 36.8 Å². The largest absolute Gasteiger partial charge is 0.416 e. The number of nitrogens with zero attached hydrogens (tertiary/aromatic N) is 1. The van der Waals surface area contributed by atoms with E-state index in [0.717, 1.165) is 5.41 Å². The average molecular weight is 373 g/mol. The van der Waals surface area contributed by atoms with Crippen molar-refractivity contribution in [3.05, 3.63) is 40.8 Å². The first-order valence-corrected chi connectivity index (χ1v) is 7.58. The van der Waals surface area contributed by atoms with Gasteiger partial charge in [-0.15, -0.1) is 0 Å². The molecular weight excluding hydrogens is 364 g/mol. The molecular formula is C13H9F6NOS2. The minimum atomic E-state index is -4.97. The van der Waals surface area contributed by atoms with Crippen LogP contribution in [0, 0.1) is 0 Å². The molecule has 2 nitrogen and oxygen atoms in total. The summed E-state index contributed by atoms with van der Waals surface area (Å²) in [5.74, 6) is 0. The summed E-state index contributed by atoms with van der Waals surface area (Å²) in [5, 5.41) is 3.09. The summed E-state index contributed by atoms with van der Waals surface area (Å²) in [6.45, 7) is 0.230. The summed E-state index contributed by atoms with van der Waals surface area (Å²) < 4.78 is 87.9. The highest BCUT2D eigenvalue weighted by Gasteiger charge is 2.37. The molecule has 1 aromatic carbocycles. The molecule has 126 valence electrons. The predicted molar refractivity (Wildman–Crippen MR) is 76.5 cm³/mol. The molecule has 0 aliphatic heterocycles. The van der Waals surface area contributed by atoms with Crippen LogP contribution in [0.4, 0.5) is 26.3 Å². The zero-order valence-corrected chi connectivity index (χ0v) is 12.9. The Morgan fingerprint density at radius 3 is 2.04 bits per heavy atom. The first-order valence-electron chi connectivity index (χ1n) is 5.96. The zero-order chi connectivity index (χ0) is 17.7. The van der Waals surface area contributed by atoms with Crippen molar-refractivity contribution in [2.24, 2.45) is 4.99 Å². The highest BCUT2D eigenvalue weighted by atomic mass is 32.2. The number of halogens is 6. The van der Waals surface area contributed by atoms with Crippen LogP contribution in [0.2, 0.25) is 0 Å². The van der Waals surface area contributed by atoms with E-state index >= 15 is 0 Å². The molecule has 0 radical (unpaired) electrons. The van der Waals surface area contributed by atoms with Gasteiger partial charge in [-0.25, -0.2) is 9.20 Å². The lowest BCUT2D eigenvalue weighted by molar-refractivity contribution is -0.143. The van der Waals surface area contributed by atoms with Gasteiger partial charge < -0.3 is 0 Å². The highest BCUT2D eigenvalue weighted by molar-refractivity contribution is 7.88. The second-order valence-corrected chi connectivity index (χ2v) is 5.69. The van der Waals surface area contributed by atoms with Crippen molar-refractivity contribution in [1.82, 2.24) is 0 Å². The lowest BCUT2D eigenvalue weighted by Crippen LogP contribution is -2.11. The lowest BCUT2D eigenvalue weighted by Gasteiger charge is -2.13. The van der Waals surface area contributed by atoms with Crippen molar-refractivity contribution in [1.29, 1.82) is 0 Å². The standard InChI is InChI=1S/C13H9F6NOS2/c14-12(15,16)9-5-10(13(17,18)19)7-11(6-9)23(21)4-2-1-3-20-8-22/h2,4-7H,1,3H2/b4-2+. The molecule has 0 aliphatic carbocycles. The zero-order valence-electron chi connectivity index (χ0n) is 11.2. The maximum atomic E-state index is 12.7. The number of benzene rings is 1. The third-order valence-corrected chi connectivity index (χ3v) is 3.75. The van der Waals surface area contributed by atoms with E-state index in [4.69, 9.17) is 0 Å². The van der Waals surface area contributed by atoms with Gasteiger partial charge in [-0.2, -0.15) is 26.3 Å². The molecule has 0 spiro atoms. The summed E-state index contributed by atoms with van der Waals surface area (Å²) in [6, 6.07) is 0.855. The van der Waals surface area contributed by atoms with Gasteiger partial charge >= 0.3 is 12.4 Å². The lowest BCUT2D eigenvalue weighted by atomic mass is 10.1. The minimum Gasteiger partial charge on any atom is -0.250 e. The van der Waals surface area contributed by atoms with Crippen LogP contribution in [0.3, 0.4) is 0 Å². The van der Waals surface area contributed by atoms with Crippen LogP contribution in [0.1, 0.15) is 17.5 Å². The van der Waals surface area contributed by atoms with Crippen LogP contribution in [0.25, 0.3) is 0 Å². The summed E-state index contributed by atoms with van der Waals surface area (Å²) in [5.41, 5.74) is -3.01. The number of aliphatic imine (C=N–C) groups is 1. The van der Waals surface area contributed by atoms with Gasteiger partial charge in [0.05, 0.1) is 33.6 Å². The molecule has 23 heavy (non-hydrogen) atoms. The van der Waals surface area contributed by atoms with Crippen LogP contribution in [-0.4, -0.2) is 15.9 Å². The van der Waals surface area contributed by atoms with Gasteiger partial charge in [-0.3, -0.25) is 0 Å². The van der Waals surface area contributed by atoms with Gasteiger partial charge in [0.2, 0.25) is 0 Å². The predicted octanol–water partition coefficient (Wildman–Crippen LogP) is 4.84. The van der Waals surface area contributed by atoms with Gasteiger partial charge in [0, 0.05) is 10.3 Å². The van der Waals surface area contributed by atoms with E-state index in [1.54, 1.807) is 0 Å². The second-order valence-electron chi connectivity index (χ2n) is 4.17. The average Bonchev–Trinajstić information content (AvgIpc) is 2.44. The Balaban J connectivity index is 3.14. The third-order valence-electron chi connectivity index (χ3n) is 2.49. The molecule has 1 aromatic rings. The Hall–Kier alpha value is -1.51. The molecule has 0 amide bonds. The molecule has 0 fully saturated rings. The molecule has 0 bridgehead atoms. The second kappa shape index (κ2) is 7.85. The number of rotatable bonds is 5. The molecule has 1 rings (SSSR count). The number of isothiocyanates is 1. The molecule has 0 aliphatic rings. The van der Waals surface area contributed by atoms with Crippen LogP contribution in [0.5, 0.6) is 0 Å². The molecule has 0 N–H and O–H groups in total. The minimum absolute atomic E-state index is 0.0153. The highest BCUT2D eigenvalue weighted by Crippen LogP contribution is 2.37. The number of alkyl halides is 6. The Morgan fingerprint density at radius 1 is 1.09 bits per heavy atom. The van der Waals surface area contributed by atoms with E-state index in [0.29, 0.717) is 12.1 Å². The van der Waals surface area contributed by atoms with Crippen LogP contribution < -0.4 is 0 Å². The van der Waals surface area contributed by atoms with Gasteiger partial charge in [0.15, 0.2) is 0 Å². The summed E-state index contributed by atoms with van der Waals surface area (Å²) in [6.07, 6.45) is -8.34. The maximum absolute atomic E-state index is 12.7. The molecule has 0 aromatic heterocycles. The van der Waals surface area contributed by atoms with E-state index in [-0.39, 0.29) is 19.0 Å². The summed E-state index contributed by atoms with van der Waals surface area (Å²) in [7, 11) is -2.15. The fraction of sp³-hybridized carbons (Fsp3) is 0.308. The molecule has 0 heterocycles. The first kappa shape index (κ1) is 19.5. The SMILES string of the molecule is O=S(/C=C/CCN=C=S)c1cc(C(F)(F)F)cc(C(F)(F)F)c1. The van der Waals surface area contributed by atoms with E-state index in [1.807, 2.05) is 0 Å². The van der Waals surface area contributed by atoms with Crippen molar-refractivity contribution < 1.29 is 30.6 Å². The van der Waals surface area contributed by atoms with Gasteiger partial charge in [-0.1, -0.05) is 6.08 Å². The van der Waals surface area contributed by atoms with Crippen LogP contribution in [0.15, 0.2) is 39.6 Å². The summed E-state index contributed by atoms with van der Waals surface area (Å²) >= 11 is 4.31. The van der Waals surface area contributed by atoms with E-state index in [1.165, 1.54) is 6.08 Å². The Bertz CT molecular complexity index is 627.